The molecular weight excluding hydrogens is 370 g/mol. The van der Waals surface area contributed by atoms with E-state index in [4.69, 9.17) is 4.74 Å². The fourth-order valence-corrected chi connectivity index (χ4v) is 3.31. The Morgan fingerprint density at radius 1 is 1.21 bits per heavy atom. The summed E-state index contributed by atoms with van der Waals surface area (Å²) < 4.78 is 6.97. The largest absolute Gasteiger partial charge is 0.496 e. The average molecular weight is 391 g/mol. The average Bonchev–Trinajstić information content (AvgIpc) is 3.20. The number of carbonyl (C=O) groups excluding carboxylic acids is 2. The lowest BCUT2D eigenvalue weighted by Crippen LogP contribution is -2.39. The molecule has 2 amide bonds. The fourth-order valence-electron chi connectivity index (χ4n) is 3.31. The minimum absolute atomic E-state index is 0.152. The number of pyridine rings is 1. The molecule has 2 aromatic heterocycles. The number of rotatable bonds is 6. The van der Waals surface area contributed by atoms with E-state index in [0.29, 0.717) is 31.9 Å². The molecule has 0 radical (unpaired) electrons. The smallest absolute Gasteiger partial charge is 0.272 e. The Balaban J connectivity index is 1.46. The van der Waals surface area contributed by atoms with Gasteiger partial charge in [0.15, 0.2) is 5.69 Å². The molecule has 1 aliphatic heterocycles. The van der Waals surface area contributed by atoms with E-state index in [-0.39, 0.29) is 17.5 Å². The molecule has 1 aromatic carbocycles. The van der Waals surface area contributed by atoms with Crippen molar-refractivity contribution in [2.75, 3.05) is 13.7 Å². The second-order valence-corrected chi connectivity index (χ2v) is 6.72. The molecule has 0 saturated heterocycles. The molecule has 1 N–H and O–H groups in total. The van der Waals surface area contributed by atoms with Crippen molar-refractivity contribution in [3.8, 4) is 5.75 Å². The Morgan fingerprint density at radius 3 is 2.86 bits per heavy atom. The van der Waals surface area contributed by atoms with Gasteiger partial charge in [0.1, 0.15) is 11.4 Å². The number of nitrogens with one attached hydrogen (secondary N) is 1. The summed E-state index contributed by atoms with van der Waals surface area (Å²) in [4.78, 5) is 31.1. The third-order valence-electron chi connectivity index (χ3n) is 4.83. The van der Waals surface area contributed by atoms with Crippen molar-refractivity contribution in [2.45, 2.75) is 19.6 Å². The lowest BCUT2D eigenvalue weighted by Gasteiger charge is -2.28. The molecule has 4 rings (SSSR count). The van der Waals surface area contributed by atoms with Gasteiger partial charge in [-0.25, -0.2) is 0 Å². The van der Waals surface area contributed by atoms with Crippen LogP contribution in [0.25, 0.3) is 0 Å². The first kappa shape index (κ1) is 18.7. The zero-order valence-electron chi connectivity index (χ0n) is 16.0. The monoisotopic (exact) mass is 391 g/mol. The lowest BCUT2D eigenvalue weighted by molar-refractivity contribution is 0.0681. The SMILES string of the molecule is COc1ccccc1CN1CCn2nc(C(=O)NCc3cccnc3)cc2C1=O. The van der Waals surface area contributed by atoms with Crippen LogP contribution in [0.2, 0.25) is 0 Å². The predicted octanol–water partition coefficient (Wildman–Crippen LogP) is 1.87. The topological polar surface area (TPSA) is 89.3 Å². The van der Waals surface area contributed by atoms with Crippen molar-refractivity contribution >= 4 is 11.8 Å². The minimum atomic E-state index is -0.320. The Hall–Kier alpha value is -3.68. The first-order chi connectivity index (χ1) is 14.2. The second-order valence-electron chi connectivity index (χ2n) is 6.72. The van der Waals surface area contributed by atoms with Gasteiger partial charge >= 0.3 is 0 Å². The van der Waals surface area contributed by atoms with Gasteiger partial charge in [0.25, 0.3) is 11.8 Å². The van der Waals surface area contributed by atoms with Gasteiger partial charge in [-0.05, 0) is 17.7 Å². The van der Waals surface area contributed by atoms with Crippen molar-refractivity contribution in [1.82, 2.24) is 25.0 Å². The summed E-state index contributed by atoms with van der Waals surface area (Å²) in [7, 11) is 1.61. The molecule has 0 saturated carbocycles. The van der Waals surface area contributed by atoms with E-state index in [1.807, 2.05) is 36.4 Å². The van der Waals surface area contributed by atoms with Gasteiger partial charge < -0.3 is 15.0 Å². The molecule has 148 valence electrons. The third-order valence-corrected chi connectivity index (χ3v) is 4.83. The van der Waals surface area contributed by atoms with Crippen molar-refractivity contribution < 1.29 is 14.3 Å². The summed E-state index contributed by atoms with van der Waals surface area (Å²) in [6.45, 7) is 1.84. The highest BCUT2D eigenvalue weighted by Gasteiger charge is 2.28. The van der Waals surface area contributed by atoms with E-state index < -0.39 is 0 Å². The summed E-state index contributed by atoms with van der Waals surface area (Å²) >= 11 is 0. The number of hydrogen-bond acceptors (Lipinski definition) is 5. The van der Waals surface area contributed by atoms with Crippen molar-refractivity contribution in [3.05, 3.63) is 77.4 Å². The molecule has 3 aromatic rings. The highest BCUT2D eigenvalue weighted by Crippen LogP contribution is 2.22. The van der Waals surface area contributed by atoms with E-state index >= 15 is 0 Å². The maximum Gasteiger partial charge on any atom is 0.272 e. The number of nitrogens with zero attached hydrogens (tertiary/aromatic N) is 4. The normalized spacial score (nSPS) is 13.1. The summed E-state index contributed by atoms with van der Waals surface area (Å²) in [5.41, 5.74) is 2.48. The van der Waals surface area contributed by atoms with Crippen molar-refractivity contribution in [2.24, 2.45) is 0 Å². The molecule has 3 heterocycles. The number of fused-ring (bicyclic) bond motifs is 1. The lowest BCUT2D eigenvalue weighted by atomic mass is 10.1. The second kappa shape index (κ2) is 8.14. The summed E-state index contributed by atoms with van der Waals surface area (Å²) in [5, 5.41) is 7.11. The number of hydrogen-bond donors (Lipinski definition) is 1. The van der Waals surface area contributed by atoms with Crippen LogP contribution in [0.15, 0.2) is 54.9 Å². The molecule has 0 atom stereocenters. The van der Waals surface area contributed by atoms with Crippen molar-refractivity contribution in [3.63, 3.8) is 0 Å². The maximum atomic E-state index is 12.9. The van der Waals surface area contributed by atoms with Crippen LogP contribution < -0.4 is 10.1 Å². The maximum absolute atomic E-state index is 12.9. The van der Waals surface area contributed by atoms with Gasteiger partial charge in [-0.1, -0.05) is 24.3 Å². The van der Waals surface area contributed by atoms with Crippen LogP contribution in [-0.4, -0.2) is 45.1 Å². The van der Waals surface area contributed by atoms with Gasteiger partial charge in [-0.15, -0.1) is 0 Å². The first-order valence-corrected chi connectivity index (χ1v) is 9.32. The zero-order valence-corrected chi connectivity index (χ0v) is 16.0. The van der Waals surface area contributed by atoms with Gasteiger partial charge in [0.05, 0.1) is 13.7 Å². The molecule has 0 spiro atoms. The molecule has 8 heteroatoms. The summed E-state index contributed by atoms with van der Waals surface area (Å²) in [5.74, 6) is 0.274. The van der Waals surface area contributed by atoms with Gasteiger partial charge in [-0.3, -0.25) is 19.3 Å². The minimum Gasteiger partial charge on any atom is -0.496 e. The number of carbonyl (C=O) groups is 2. The highest BCUT2D eigenvalue weighted by molar-refractivity contribution is 5.98. The van der Waals surface area contributed by atoms with E-state index in [2.05, 4.69) is 15.4 Å². The number of benzene rings is 1. The van der Waals surface area contributed by atoms with Crippen LogP contribution in [0.5, 0.6) is 5.75 Å². The van der Waals surface area contributed by atoms with E-state index in [0.717, 1.165) is 16.9 Å². The Kier molecular flexibility index (Phi) is 5.24. The van der Waals surface area contributed by atoms with Gasteiger partial charge in [0.2, 0.25) is 0 Å². The first-order valence-electron chi connectivity index (χ1n) is 9.32. The van der Waals surface area contributed by atoms with Crippen LogP contribution in [0.4, 0.5) is 0 Å². The zero-order chi connectivity index (χ0) is 20.2. The van der Waals surface area contributed by atoms with Gasteiger partial charge in [-0.2, -0.15) is 5.10 Å². The molecule has 29 heavy (non-hydrogen) atoms. The Bertz CT molecular complexity index is 1030. The number of para-hydroxylation sites is 1. The molecular formula is C21H21N5O3. The van der Waals surface area contributed by atoms with Crippen LogP contribution in [-0.2, 0) is 19.6 Å². The van der Waals surface area contributed by atoms with E-state index in [9.17, 15) is 9.59 Å². The molecule has 0 unspecified atom stereocenters. The van der Waals surface area contributed by atoms with E-state index in [1.165, 1.54) is 0 Å². The number of amides is 2. The summed E-state index contributed by atoms with van der Waals surface area (Å²) in [6.07, 6.45) is 3.37. The third kappa shape index (κ3) is 3.96. The molecule has 8 nitrogen and oxygen atoms in total. The number of aromatic nitrogens is 3. The molecule has 0 aliphatic carbocycles. The fraction of sp³-hybridized carbons (Fsp3) is 0.238. The van der Waals surface area contributed by atoms with E-state index in [1.54, 1.807) is 35.2 Å². The predicted molar refractivity (Wildman–Crippen MR) is 105 cm³/mol. The molecule has 1 aliphatic rings. The van der Waals surface area contributed by atoms with Crippen molar-refractivity contribution in [1.29, 1.82) is 0 Å². The van der Waals surface area contributed by atoms with Crippen LogP contribution in [0.3, 0.4) is 0 Å². The Morgan fingerprint density at radius 2 is 2.07 bits per heavy atom. The Labute approximate surface area is 168 Å². The van der Waals surface area contributed by atoms with Crippen LogP contribution in [0.1, 0.15) is 32.1 Å². The summed E-state index contributed by atoms with van der Waals surface area (Å²) in [6, 6.07) is 12.9. The quantitative estimate of drug-likeness (QED) is 0.693. The van der Waals surface area contributed by atoms with Crippen LogP contribution in [0, 0.1) is 0 Å². The van der Waals surface area contributed by atoms with Gasteiger partial charge in [0, 0.05) is 43.7 Å². The standard InChI is InChI=1S/C21H21N5O3/c1-29-19-7-3-2-6-16(19)14-25-9-10-26-18(21(25)28)11-17(24-26)20(27)23-13-15-5-4-8-22-12-15/h2-8,11-12H,9-10,13-14H2,1H3,(H,23,27). The van der Waals surface area contributed by atoms with Crippen LogP contribution >= 0.6 is 0 Å². The highest BCUT2D eigenvalue weighted by atomic mass is 16.5. The number of methoxy groups -OCH3 is 1. The molecule has 0 bridgehead atoms. The molecule has 0 fully saturated rings. The number of ether oxygens (including phenoxy) is 1.